The third-order valence-electron chi connectivity index (χ3n) is 10.5. The van der Waals surface area contributed by atoms with E-state index in [0.717, 1.165) is 28.2 Å². The highest BCUT2D eigenvalue weighted by molar-refractivity contribution is 6.74. The molecule has 0 radical (unpaired) electrons. The van der Waals surface area contributed by atoms with Gasteiger partial charge in [0.25, 0.3) is 5.56 Å². The molecule has 12 nitrogen and oxygen atoms in total. The number of amides is 1. The van der Waals surface area contributed by atoms with Crippen LogP contribution < -0.4 is 20.3 Å². The number of rotatable bonds is 13. The number of aromatic nitrogens is 4. The number of imidazole rings is 1. The first-order chi connectivity index (χ1) is 25.7. The molecule has 0 bridgehead atoms. The minimum absolute atomic E-state index is 0.0410. The number of hydrogen-bond donors (Lipinski definition) is 2. The quantitative estimate of drug-likeness (QED) is 0.0930. The predicted molar refractivity (Wildman–Crippen MR) is 210 cm³/mol. The van der Waals surface area contributed by atoms with Crippen LogP contribution in [0.25, 0.3) is 11.2 Å². The summed E-state index contributed by atoms with van der Waals surface area (Å²) in [5.74, 6) is 0.924. The number of carbonyl (C=O) groups is 1. The van der Waals surface area contributed by atoms with Gasteiger partial charge >= 0.3 is 0 Å². The van der Waals surface area contributed by atoms with Crippen LogP contribution in [-0.2, 0) is 24.3 Å². The lowest BCUT2D eigenvalue weighted by Crippen LogP contribution is -2.45. The van der Waals surface area contributed by atoms with E-state index < -0.39 is 37.9 Å². The number of hydrogen-bond acceptors (Lipinski definition) is 9. The molecule has 54 heavy (non-hydrogen) atoms. The molecule has 5 aromatic rings. The summed E-state index contributed by atoms with van der Waals surface area (Å²) in [7, 11) is 0.955. The Morgan fingerprint density at radius 1 is 0.944 bits per heavy atom. The van der Waals surface area contributed by atoms with Gasteiger partial charge < -0.3 is 23.4 Å². The van der Waals surface area contributed by atoms with Crippen LogP contribution in [0.2, 0.25) is 18.1 Å². The Balaban J connectivity index is 1.41. The number of anilines is 1. The number of nitrogens with one attached hydrogen (secondary N) is 2. The minimum atomic E-state index is -2.34. The fourth-order valence-corrected chi connectivity index (χ4v) is 7.78. The molecule has 1 saturated heterocycles. The maximum Gasteiger partial charge on any atom is 0.280 e. The summed E-state index contributed by atoms with van der Waals surface area (Å²) in [5.41, 5.74) is 1.65. The number of fused-ring (bicyclic) bond motifs is 1. The van der Waals surface area contributed by atoms with Gasteiger partial charge in [-0.15, -0.1) is 0 Å². The Morgan fingerprint density at radius 3 is 2.06 bits per heavy atom. The van der Waals surface area contributed by atoms with E-state index in [2.05, 4.69) is 66.3 Å². The van der Waals surface area contributed by atoms with Crippen molar-refractivity contribution in [2.24, 2.45) is 5.92 Å². The first kappa shape index (κ1) is 38.9. The molecule has 13 heteroatoms. The topological polar surface area (TPSA) is 139 Å². The molecule has 3 atom stereocenters. The maximum absolute atomic E-state index is 13.2. The van der Waals surface area contributed by atoms with Crippen molar-refractivity contribution < 1.29 is 28.2 Å². The lowest BCUT2D eigenvalue weighted by molar-refractivity contribution is -0.118. The van der Waals surface area contributed by atoms with E-state index in [0.29, 0.717) is 6.42 Å². The number of nitrogens with zero attached hydrogens (tertiary/aromatic N) is 3. The normalized spacial score (nSPS) is 17.9. The third-order valence-corrected chi connectivity index (χ3v) is 15.0. The van der Waals surface area contributed by atoms with E-state index in [4.69, 9.17) is 23.4 Å². The zero-order valence-electron chi connectivity index (χ0n) is 32.5. The highest BCUT2D eigenvalue weighted by Gasteiger charge is 2.47. The van der Waals surface area contributed by atoms with Gasteiger partial charge in [-0.25, -0.2) is 4.98 Å². The fourth-order valence-electron chi connectivity index (χ4n) is 6.45. The zero-order chi connectivity index (χ0) is 38.8. The second kappa shape index (κ2) is 15.5. The van der Waals surface area contributed by atoms with E-state index in [1.165, 1.54) is 0 Å². The molecule has 3 aromatic carbocycles. The number of carbonyl (C=O) groups excluding carboxylic acids is 1. The standard InChI is InChI=1S/C41H51N5O7Si/c1-26(2)36(47)44-39-43-35-34(37(48)45-39)42-25-46(35)38-33(53-54(8,9)40(3,4)5)23-32(52-38)24-51-41(27-13-11-10-12-14-27,28-15-19-30(49-6)20-16-28)29-17-21-31(50-7)22-18-29/h10-22,25-26,32-33,38H,23-24H2,1-9H3,(H2,43,44,45,47,48). The predicted octanol–water partition coefficient (Wildman–Crippen LogP) is 7.42. The van der Waals surface area contributed by atoms with Crippen molar-refractivity contribution in [2.45, 2.75) is 83.2 Å². The van der Waals surface area contributed by atoms with Gasteiger partial charge in [-0.05, 0) is 59.1 Å². The van der Waals surface area contributed by atoms with Crippen LogP contribution in [0.5, 0.6) is 11.5 Å². The largest absolute Gasteiger partial charge is 0.497 e. The van der Waals surface area contributed by atoms with Crippen molar-refractivity contribution in [3.05, 3.63) is 112 Å². The molecule has 2 aromatic heterocycles. The van der Waals surface area contributed by atoms with Crippen LogP contribution in [0, 0.1) is 5.92 Å². The summed E-state index contributed by atoms with van der Waals surface area (Å²) in [5, 5.41) is 2.63. The Bertz CT molecular complexity index is 2060. The summed E-state index contributed by atoms with van der Waals surface area (Å²) in [6.45, 7) is 14.7. The SMILES string of the molecule is COc1ccc(C(OCC2CC(O[Si](C)(C)C(C)(C)C)C(n3cnc4c(=O)[nH]c(NC(=O)C(C)C)nc43)O2)(c2ccccc2)c2ccc(OC)cc2)cc1. The van der Waals surface area contributed by atoms with Crippen LogP contribution in [0.1, 0.15) is 64.0 Å². The maximum atomic E-state index is 13.2. The van der Waals surface area contributed by atoms with E-state index in [1.54, 1.807) is 39.0 Å². The van der Waals surface area contributed by atoms with Gasteiger partial charge in [-0.1, -0.05) is 89.2 Å². The third kappa shape index (κ3) is 7.72. The monoisotopic (exact) mass is 753 g/mol. The zero-order valence-corrected chi connectivity index (χ0v) is 33.5. The molecule has 2 N–H and O–H groups in total. The minimum Gasteiger partial charge on any atom is -0.497 e. The van der Waals surface area contributed by atoms with Gasteiger partial charge in [0.2, 0.25) is 11.9 Å². The number of ether oxygens (including phenoxy) is 4. The molecule has 1 aliphatic rings. The fraction of sp³-hybridized carbons (Fsp3) is 0.415. The van der Waals surface area contributed by atoms with Crippen molar-refractivity contribution in [1.82, 2.24) is 19.5 Å². The lowest BCUT2D eigenvalue weighted by Gasteiger charge is -2.39. The second-order valence-corrected chi connectivity index (χ2v) is 20.3. The molecule has 1 fully saturated rings. The molecular formula is C41H51N5O7Si. The summed E-state index contributed by atoms with van der Waals surface area (Å²) < 4.78 is 34.0. The van der Waals surface area contributed by atoms with E-state index in [1.807, 2.05) is 66.7 Å². The Kier molecular flexibility index (Phi) is 11.2. The van der Waals surface area contributed by atoms with E-state index in [-0.39, 0.29) is 40.6 Å². The number of H-pyrrole nitrogens is 1. The number of aromatic amines is 1. The molecule has 0 spiro atoms. The van der Waals surface area contributed by atoms with Crippen molar-refractivity contribution in [3.8, 4) is 11.5 Å². The molecule has 0 saturated carbocycles. The van der Waals surface area contributed by atoms with Gasteiger partial charge in [0, 0.05) is 12.3 Å². The van der Waals surface area contributed by atoms with Gasteiger partial charge in [-0.3, -0.25) is 24.5 Å². The summed E-state index contributed by atoms with van der Waals surface area (Å²) in [4.78, 5) is 37.4. The smallest absolute Gasteiger partial charge is 0.280 e. The van der Waals surface area contributed by atoms with Gasteiger partial charge in [0.15, 0.2) is 25.7 Å². The molecule has 1 amide bonds. The molecule has 1 aliphatic heterocycles. The van der Waals surface area contributed by atoms with Crippen LogP contribution in [0.15, 0.2) is 90.0 Å². The summed E-state index contributed by atoms with van der Waals surface area (Å²) in [6.07, 6.45) is 0.532. The Morgan fingerprint density at radius 2 is 1.52 bits per heavy atom. The van der Waals surface area contributed by atoms with Crippen LogP contribution in [0.4, 0.5) is 5.95 Å². The average Bonchev–Trinajstić information content (AvgIpc) is 3.75. The van der Waals surface area contributed by atoms with E-state index in [9.17, 15) is 9.59 Å². The molecular weight excluding hydrogens is 703 g/mol. The van der Waals surface area contributed by atoms with Crippen LogP contribution in [0.3, 0.4) is 0 Å². The first-order valence-electron chi connectivity index (χ1n) is 18.3. The van der Waals surface area contributed by atoms with Gasteiger partial charge in [-0.2, -0.15) is 4.98 Å². The number of methoxy groups -OCH3 is 2. The molecule has 0 aliphatic carbocycles. The average molecular weight is 754 g/mol. The van der Waals surface area contributed by atoms with Crippen molar-refractivity contribution in [2.75, 3.05) is 26.1 Å². The molecule has 3 unspecified atom stereocenters. The van der Waals surface area contributed by atoms with Gasteiger partial charge in [0.05, 0.1) is 39.4 Å². The van der Waals surface area contributed by atoms with Crippen LogP contribution in [-0.4, -0.2) is 66.8 Å². The highest BCUT2D eigenvalue weighted by atomic mass is 28.4. The van der Waals surface area contributed by atoms with Crippen LogP contribution >= 0.6 is 0 Å². The lowest BCUT2D eigenvalue weighted by atomic mass is 9.80. The molecule has 6 rings (SSSR count). The van der Waals surface area contributed by atoms with E-state index >= 15 is 0 Å². The first-order valence-corrected chi connectivity index (χ1v) is 21.2. The molecule has 286 valence electrons. The number of benzene rings is 3. The van der Waals surface area contributed by atoms with Crippen molar-refractivity contribution >= 4 is 31.3 Å². The second-order valence-electron chi connectivity index (χ2n) is 15.5. The Labute approximate surface area is 317 Å². The Hall–Kier alpha value is -4.82. The van der Waals surface area contributed by atoms with Crippen molar-refractivity contribution in [1.29, 1.82) is 0 Å². The van der Waals surface area contributed by atoms with Gasteiger partial charge in [0.1, 0.15) is 17.1 Å². The van der Waals surface area contributed by atoms with Crippen molar-refractivity contribution in [3.63, 3.8) is 0 Å². The highest BCUT2D eigenvalue weighted by Crippen LogP contribution is 2.45. The summed E-state index contributed by atoms with van der Waals surface area (Å²) in [6, 6.07) is 25.9. The summed E-state index contributed by atoms with van der Waals surface area (Å²) >= 11 is 0. The molecule has 3 heterocycles.